The maximum atomic E-state index is 13.3. The van der Waals surface area contributed by atoms with Gasteiger partial charge in [-0.2, -0.15) is 0 Å². The van der Waals surface area contributed by atoms with Crippen molar-refractivity contribution in [2.75, 3.05) is 20.6 Å². The third-order valence-corrected chi connectivity index (χ3v) is 4.86. The Morgan fingerprint density at radius 1 is 1.29 bits per heavy atom. The molecule has 24 heavy (non-hydrogen) atoms. The molecular formula is C19H26N4O. The summed E-state index contributed by atoms with van der Waals surface area (Å²) >= 11 is 0. The summed E-state index contributed by atoms with van der Waals surface area (Å²) in [5.41, 5.74) is 3.12. The normalized spacial score (nSPS) is 19.0. The highest BCUT2D eigenvalue weighted by Gasteiger charge is 2.37. The Hall–Kier alpha value is -2.14. The zero-order chi connectivity index (χ0) is 17.3. The lowest BCUT2D eigenvalue weighted by Gasteiger charge is -2.31. The summed E-state index contributed by atoms with van der Waals surface area (Å²) in [6.45, 7) is 4.82. The molecule has 1 N–H and O–H groups in total. The van der Waals surface area contributed by atoms with Crippen LogP contribution in [0.3, 0.4) is 0 Å². The maximum Gasteiger partial charge on any atom is 0.245 e. The molecular weight excluding hydrogens is 300 g/mol. The van der Waals surface area contributed by atoms with Crippen molar-refractivity contribution in [1.29, 1.82) is 0 Å². The van der Waals surface area contributed by atoms with Gasteiger partial charge >= 0.3 is 0 Å². The van der Waals surface area contributed by atoms with Crippen LogP contribution in [0.2, 0.25) is 0 Å². The van der Waals surface area contributed by atoms with Gasteiger partial charge in [-0.3, -0.25) is 9.69 Å². The number of benzene rings is 1. The number of aryl methyl sites for hydroxylation is 2. The molecule has 1 aliphatic heterocycles. The first-order valence-electron chi connectivity index (χ1n) is 8.54. The average molecular weight is 326 g/mol. The van der Waals surface area contributed by atoms with Gasteiger partial charge in [-0.15, -0.1) is 0 Å². The highest BCUT2D eigenvalue weighted by molar-refractivity contribution is 5.84. The SMILES string of the molecule is Cc1nc([C@@H]2CCCN2C(=O)[C@@H](c2ccccc2)N(C)C)[nH]c1C. The topological polar surface area (TPSA) is 52.2 Å². The molecule has 0 saturated carbocycles. The number of rotatable bonds is 4. The fourth-order valence-corrected chi connectivity index (χ4v) is 3.50. The van der Waals surface area contributed by atoms with E-state index in [2.05, 4.69) is 9.97 Å². The van der Waals surface area contributed by atoms with Crippen molar-refractivity contribution in [3.63, 3.8) is 0 Å². The smallest absolute Gasteiger partial charge is 0.245 e. The molecule has 0 radical (unpaired) electrons. The van der Waals surface area contributed by atoms with Crippen LogP contribution < -0.4 is 0 Å². The number of aromatic nitrogens is 2. The Morgan fingerprint density at radius 2 is 2.00 bits per heavy atom. The van der Waals surface area contributed by atoms with Crippen molar-refractivity contribution < 1.29 is 4.79 Å². The summed E-state index contributed by atoms with van der Waals surface area (Å²) in [5.74, 6) is 1.07. The predicted octanol–water partition coefficient (Wildman–Crippen LogP) is 2.99. The summed E-state index contributed by atoms with van der Waals surface area (Å²) < 4.78 is 0. The van der Waals surface area contributed by atoms with Crippen LogP contribution in [0.5, 0.6) is 0 Å². The molecule has 0 aliphatic carbocycles. The average Bonchev–Trinajstić information content (AvgIpc) is 3.15. The van der Waals surface area contributed by atoms with Crippen molar-refractivity contribution in [3.05, 3.63) is 53.1 Å². The number of carbonyl (C=O) groups is 1. The van der Waals surface area contributed by atoms with Gasteiger partial charge < -0.3 is 9.88 Å². The molecule has 1 aromatic heterocycles. The molecule has 1 aliphatic rings. The van der Waals surface area contributed by atoms with Gasteiger partial charge in [0.25, 0.3) is 0 Å². The van der Waals surface area contributed by atoms with Crippen LogP contribution >= 0.6 is 0 Å². The summed E-state index contributed by atoms with van der Waals surface area (Å²) in [4.78, 5) is 25.3. The molecule has 3 rings (SSSR count). The van der Waals surface area contributed by atoms with E-state index in [0.29, 0.717) is 0 Å². The first kappa shape index (κ1) is 16.7. The number of nitrogens with one attached hydrogen (secondary N) is 1. The third-order valence-electron chi connectivity index (χ3n) is 4.86. The second-order valence-electron chi connectivity index (χ2n) is 6.80. The highest BCUT2D eigenvalue weighted by Crippen LogP contribution is 2.34. The zero-order valence-electron chi connectivity index (χ0n) is 14.9. The number of hydrogen-bond acceptors (Lipinski definition) is 3. The molecule has 2 heterocycles. The minimum Gasteiger partial charge on any atom is -0.344 e. The molecule has 0 bridgehead atoms. The second-order valence-corrected chi connectivity index (χ2v) is 6.80. The van der Waals surface area contributed by atoms with Gasteiger partial charge in [0.15, 0.2) is 0 Å². The van der Waals surface area contributed by atoms with E-state index < -0.39 is 0 Å². The summed E-state index contributed by atoms with van der Waals surface area (Å²) in [5, 5.41) is 0. The van der Waals surface area contributed by atoms with Gasteiger partial charge in [0.1, 0.15) is 11.9 Å². The largest absolute Gasteiger partial charge is 0.344 e. The lowest BCUT2D eigenvalue weighted by molar-refractivity contribution is -0.137. The zero-order valence-corrected chi connectivity index (χ0v) is 14.9. The van der Waals surface area contributed by atoms with Gasteiger partial charge in [0.2, 0.25) is 5.91 Å². The fraction of sp³-hybridized carbons (Fsp3) is 0.474. The van der Waals surface area contributed by atoms with E-state index in [0.717, 1.165) is 42.2 Å². The van der Waals surface area contributed by atoms with Gasteiger partial charge in [-0.25, -0.2) is 4.98 Å². The minimum atomic E-state index is -0.260. The standard InChI is InChI=1S/C19H26N4O/c1-13-14(2)21-18(20-13)16-11-8-12-23(16)19(24)17(22(3)4)15-9-6-5-7-10-15/h5-7,9-10,16-17H,8,11-12H2,1-4H3,(H,20,21)/t16-,17+/m0/s1. The Bertz CT molecular complexity index is 688. The van der Waals surface area contributed by atoms with Crippen molar-refractivity contribution in [2.45, 2.75) is 38.8 Å². The van der Waals surface area contributed by atoms with Crippen LogP contribution in [0.1, 0.15) is 47.7 Å². The Morgan fingerprint density at radius 3 is 2.58 bits per heavy atom. The predicted molar refractivity (Wildman–Crippen MR) is 94.6 cm³/mol. The quantitative estimate of drug-likeness (QED) is 0.940. The van der Waals surface area contributed by atoms with Gasteiger partial charge in [-0.05, 0) is 46.3 Å². The number of likely N-dealkylation sites (N-methyl/N-ethyl adjacent to an activating group) is 1. The molecule has 1 amide bonds. The van der Waals surface area contributed by atoms with Crippen LogP contribution in [0.4, 0.5) is 0 Å². The first-order chi connectivity index (χ1) is 11.5. The minimum absolute atomic E-state index is 0.0519. The Labute approximate surface area is 143 Å². The Balaban J connectivity index is 1.89. The van der Waals surface area contributed by atoms with Gasteiger partial charge in [0.05, 0.1) is 11.7 Å². The van der Waals surface area contributed by atoms with E-state index in [1.807, 2.05) is 68.1 Å². The Kier molecular flexibility index (Phi) is 4.71. The van der Waals surface area contributed by atoms with E-state index in [4.69, 9.17) is 0 Å². The maximum absolute atomic E-state index is 13.3. The van der Waals surface area contributed by atoms with E-state index in [9.17, 15) is 4.79 Å². The number of likely N-dealkylation sites (tertiary alicyclic amines) is 1. The number of nitrogens with zero attached hydrogens (tertiary/aromatic N) is 3. The van der Waals surface area contributed by atoms with E-state index >= 15 is 0 Å². The molecule has 2 aromatic rings. The van der Waals surface area contributed by atoms with Gasteiger partial charge in [-0.1, -0.05) is 30.3 Å². The number of aromatic amines is 1. The number of imidazole rings is 1. The molecule has 5 heteroatoms. The highest BCUT2D eigenvalue weighted by atomic mass is 16.2. The summed E-state index contributed by atoms with van der Waals surface area (Å²) in [6.07, 6.45) is 1.98. The van der Waals surface area contributed by atoms with Crippen molar-refractivity contribution >= 4 is 5.91 Å². The lowest BCUT2D eigenvalue weighted by atomic mass is 10.0. The number of amides is 1. The molecule has 1 fully saturated rings. The summed E-state index contributed by atoms with van der Waals surface area (Å²) in [6, 6.07) is 9.79. The van der Waals surface area contributed by atoms with Crippen molar-refractivity contribution in [1.82, 2.24) is 19.8 Å². The molecule has 0 spiro atoms. The van der Waals surface area contributed by atoms with E-state index in [-0.39, 0.29) is 18.0 Å². The molecule has 2 atom stereocenters. The van der Waals surface area contributed by atoms with E-state index in [1.165, 1.54) is 0 Å². The van der Waals surface area contributed by atoms with Crippen LogP contribution in [0, 0.1) is 13.8 Å². The van der Waals surface area contributed by atoms with Crippen LogP contribution in [0.15, 0.2) is 30.3 Å². The molecule has 1 saturated heterocycles. The number of hydrogen-bond donors (Lipinski definition) is 1. The molecule has 0 unspecified atom stereocenters. The van der Waals surface area contributed by atoms with Crippen LogP contribution in [0.25, 0.3) is 0 Å². The fourth-order valence-electron chi connectivity index (χ4n) is 3.50. The van der Waals surface area contributed by atoms with Gasteiger partial charge in [0, 0.05) is 12.2 Å². The number of carbonyl (C=O) groups excluding carboxylic acids is 1. The molecule has 5 nitrogen and oxygen atoms in total. The van der Waals surface area contributed by atoms with Crippen molar-refractivity contribution in [3.8, 4) is 0 Å². The second kappa shape index (κ2) is 6.77. The summed E-state index contributed by atoms with van der Waals surface area (Å²) in [7, 11) is 3.92. The lowest BCUT2D eigenvalue weighted by Crippen LogP contribution is -2.40. The van der Waals surface area contributed by atoms with E-state index in [1.54, 1.807) is 0 Å². The van der Waals surface area contributed by atoms with Crippen LogP contribution in [-0.4, -0.2) is 46.3 Å². The van der Waals surface area contributed by atoms with Crippen molar-refractivity contribution in [2.24, 2.45) is 0 Å². The first-order valence-corrected chi connectivity index (χ1v) is 8.54. The molecule has 128 valence electrons. The third kappa shape index (κ3) is 3.08. The monoisotopic (exact) mass is 326 g/mol. The molecule has 1 aromatic carbocycles. The number of H-pyrrole nitrogens is 1. The van der Waals surface area contributed by atoms with Crippen LogP contribution in [-0.2, 0) is 4.79 Å².